The maximum absolute atomic E-state index is 8.63. The van der Waals surface area contributed by atoms with Gasteiger partial charge in [0.2, 0.25) is 0 Å². The largest absolute Gasteiger partial charge is 0.494 e. The van der Waals surface area contributed by atoms with Crippen LogP contribution in [-0.2, 0) is 0 Å². The highest BCUT2D eigenvalue weighted by Gasteiger charge is 2.10. The first-order valence-corrected chi connectivity index (χ1v) is 6.00. The maximum Gasteiger partial charge on any atom is 0.122 e. The molecule has 92 valence electrons. The normalized spacial score (nSPS) is 11.9. The predicted octanol–water partition coefficient (Wildman–Crippen LogP) is 2.96. The van der Waals surface area contributed by atoms with E-state index in [1.165, 1.54) is 5.56 Å². The summed E-state index contributed by atoms with van der Waals surface area (Å²) in [6, 6.07) is 8.62. The van der Waals surface area contributed by atoms with Crippen molar-refractivity contribution in [2.24, 2.45) is 0 Å². The summed E-state index contributed by atoms with van der Waals surface area (Å²) in [5.74, 6) is 0.936. The molecule has 3 heteroatoms. The SMILES string of the molecule is CCOc1ccc(C(CCC#N)NC)cc1C. The number of ether oxygens (including phenoxy) is 1. The number of nitrogens with zero attached hydrogens (tertiary/aromatic N) is 1. The van der Waals surface area contributed by atoms with Gasteiger partial charge in [-0.25, -0.2) is 0 Å². The van der Waals surface area contributed by atoms with Crippen LogP contribution in [0.15, 0.2) is 18.2 Å². The minimum atomic E-state index is 0.240. The van der Waals surface area contributed by atoms with E-state index >= 15 is 0 Å². The molecule has 1 aromatic carbocycles. The Kier molecular flexibility index (Phi) is 5.51. The van der Waals surface area contributed by atoms with Crippen LogP contribution >= 0.6 is 0 Å². The van der Waals surface area contributed by atoms with Crippen LogP contribution in [0, 0.1) is 18.3 Å². The van der Waals surface area contributed by atoms with Crippen LogP contribution in [0.2, 0.25) is 0 Å². The van der Waals surface area contributed by atoms with Gasteiger partial charge in [0.05, 0.1) is 12.7 Å². The smallest absolute Gasteiger partial charge is 0.122 e. The van der Waals surface area contributed by atoms with Crippen molar-refractivity contribution < 1.29 is 4.74 Å². The molecule has 1 atom stereocenters. The highest BCUT2D eigenvalue weighted by Crippen LogP contribution is 2.24. The van der Waals surface area contributed by atoms with Gasteiger partial charge in [-0.2, -0.15) is 5.26 Å². The van der Waals surface area contributed by atoms with Crippen LogP contribution in [0.3, 0.4) is 0 Å². The third kappa shape index (κ3) is 3.76. The third-order valence-corrected chi connectivity index (χ3v) is 2.79. The molecule has 1 unspecified atom stereocenters. The van der Waals surface area contributed by atoms with E-state index in [1.54, 1.807) is 0 Å². The molecular weight excluding hydrogens is 212 g/mol. The highest BCUT2D eigenvalue weighted by atomic mass is 16.5. The Bertz CT molecular complexity index is 396. The minimum absolute atomic E-state index is 0.240. The van der Waals surface area contributed by atoms with E-state index in [9.17, 15) is 0 Å². The topological polar surface area (TPSA) is 45.0 Å². The van der Waals surface area contributed by atoms with Gasteiger partial charge in [-0.3, -0.25) is 0 Å². The fourth-order valence-corrected chi connectivity index (χ4v) is 1.89. The first-order valence-electron chi connectivity index (χ1n) is 6.00. The lowest BCUT2D eigenvalue weighted by molar-refractivity contribution is 0.337. The van der Waals surface area contributed by atoms with Crippen molar-refractivity contribution in [2.45, 2.75) is 32.7 Å². The second-order valence-corrected chi connectivity index (χ2v) is 4.00. The van der Waals surface area contributed by atoms with E-state index in [1.807, 2.05) is 27.0 Å². The van der Waals surface area contributed by atoms with E-state index in [0.29, 0.717) is 13.0 Å². The van der Waals surface area contributed by atoms with Crippen molar-refractivity contribution in [3.8, 4) is 11.8 Å². The van der Waals surface area contributed by atoms with Gasteiger partial charge < -0.3 is 10.1 Å². The molecule has 0 radical (unpaired) electrons. The summed E-state index contributed by atoms with van der Waals surface area (Å²) in [5, 5.41) is 11.9. The highest BCUT2D eigenvalue weighted by molar-refractivity contribution is 5.37. The molecule has 0 heterocycles. The third-order valence-electron chi connectivity index (χ3n) is 2.79. The Morgan fingerprint density at radius 1 is 1.47 bits per heavy atom. The van der Waals surface area contributed by atoms with Crippen molar-refractivity contribution in [2.75, 3.05) is 13.7 Å². The van der Waals surface area contributed by atoms with E-state index in [2.05, 4.69) is 23.5 Å². The second-order valence-electron chi connectivity index (χ2n) is 4.00. The molecule has 0 aliphatic heterocycles. The van der Waals surface area contributed by atoms with Crippen molar-refractivity contribution in [3.05, 3.63) is 29.3 Å². The van der Waals surface area contributed by atoms with Crippen LogP contribution in [0.4, 0.5) is 0 Å². The average molecular weight is 232 g/mol. The quantitative estimate of drug-likeness (QED) is 0.820. The monoisotopic (exact) mass is 232 g/mol. The zero-order valence-corrected chi connectivity index (χ0v) is 10.8. The number of aryl methyl sites for hydroxylation is 1. The Labute approximate surface area is 103 Å². The number of hydrogen-bond donors (Lipinski definition) is 1. The summed E-state index contributed by atoms with van der Waals surface area (Å²) in [7, 11) is 1.92. The lowest BCUT2D eigenvalue weighted by atomic mass is 10.00. The van der Waals surface area contributed by atoms with Gasteiger partial charge in [0.1, 0.15) is 5.75 Å². The summed E-state index contributed by atoms with van der Waals surface area (Å²) < 4.78 is 5.51. The first-order chi connectivity index (χ1) is 8.22. The van der Waals surface area contributed by atoms with Gasteiger partial charge in [-0.1, -0.05) is 12.1 Å². The summed E-state index contributed by atoms with van der Waals surface area (Å²) in [6.07, 6.45) is 1.40. The zero-order chi connectivity index (χ0) is 12.7. The lowest BCUT2D eigenvalue weighted by Gasteiger charge is -2.17. The van der Waals surface area contributed by atoms with E-state index in [0.717, 1.165) is 17.7 Å². The molecule has 0 aromatic heterocycles. The van der Waals surface area contributed by atoms with Crippen LogP contribution in [0.5, 0.6) is 5.75 Å². The molecule has 0 saturated carbocycles. The standard InChI is InChI=1S/C14H20N2O/c1-4-17-14-8-7-12(10-11(14)2)13(16-3)6-5-9-15/h7-8,10,13,16H,4-6H2,1-3H3. The van der Waals surface area contributed by atoms with Gasteiger partial charge in [-0.15, -0.1) is 0 Å². The summed E-state index contributed by atoms with van der Waals surface area (Å²) in [5.41, 5.74) is 2.35. The average Bonchev–Trinajstić information content (AvgIpc) is 2.33. The van der Waals surface area contributed by atoms with Gasteiger partial charge in [0.15, 0.2) is 0 Å². The predicted molar refractivity (Wildman–Crippen MR) is 69.0 cm³/mol. The number of nitrogens with one attached hydrogen (secondary N) is 1. The fourth-order valence-electron chi connectivity index (χ4n) is 1.89. The maximum atomic E-state index is 8.63. The van der Waals surface area contributed by atoms with Crippen LogP contribution in [-0.4, -0.2) is 13.7 Å². The molecule has 0 amide bonds. The van der Waals surface area contributed by atoms with Crippen LogP contribution in [0.1, 0.15) is 36.9 Å². The van der Waals surface area contributed by atoms with Gasteiger partial charge in [-0.05, 0) is 44.5 Å². The van der Waals surface area contributed by atoms with E-state index in [-0.39, 0.29) is 6.04 Å². The molecule has 1 aromatic rings. The molecule has 0 saturated heterocycles. The molecule has 0 fully saturated rings. The number of nitriles is 1. The lowest BCUT2D eigenvalue weighted by Crippen LogP contribution is -2.16. The number of rotatable bonds is 6. The van der Waals surface area contributed by atoms with Gasteiger partial charge >= 0.3 is 0 Å². The molecule has 17 heavy (non-hydrogen) atoms. The molecule has 1 N–H and O–H groups in total. The molecule has 0 aliphatic carbocycles. The molecule has 0 bridgehead atoms. The summed E-state index contributed by atoms with van der Waals surface area (Å²) in [4.78, 5) is 0. The van der Waals surface area contributed by atoms with Crippen LogP contribution in [0.25, 0.3) is 0 Å². The van der Waals surface area contributed by atoms with E-state index in [4.69, 9.17) is 10.00 Å². The Morgan fingerprint density at radius 2 is 2.24 bits per heavy atom. The zero-order valence-electron chi connectivity index (χ0n) is 10.8. The van der Waals surface area contributed by atoms with E-state index < -0.39 is 0 Å². The second kappa shape index (κ2) is 6.93. The molecular formula is C14H20N2O. The number of benzene rings is 1. The summed E-state index contributed by atoms with van der Waals surface area (Å²) >= 11 is 0. The Hall–Kier alpha value is -1.53. The molecule has 3 nitrogen and oxygen atoms in total. The van der Waals surface area contributed by atoms with Gasteiger partial charge in [0, 0.05) is 12.5 Å². The van der Waals surface area contributed by atoms with Crippen molar-refractivity contribution in [1.82, 2.24) is 5.32 Å². The molecule has 1 rings (SSSR count). The van der Waals surface area contributed by atoms with Crippen molar-refractivity contribution in [1.29, 1.82) is 5.26 Å². The molecule has 0 spiro atoms. The number of hydrogen-bond acceptors (Lipinski definition) is 3. The Morgan fingerprint density at radius 3 is 2.76 bits per heavy atom. The first kappa shape index (κ1) is 13.5. The Balaban J connectivity index is 2.83. The van der Waals surface area contributed by atoms with Gasteiger partial charge in [0.25, 0.3) is 0 Å². The summed E-state index contributed by atoms with van der Waals surface area (Å²) in [6.45, 7) is 4.71. The fraction of sp³-hybridized carbons (Fsp3) is 0.500. The minimum Gasteiger partial charge on any atom is -0.494 e. The van der Waals surface area contributed by atoms with Crippen molar-refractivity contribution >= 4 is 0 Å². The van der Waals surface area contributed by atoms with Crippen LogP contribution < -0.4 is 10.1 Å². The van der Waals surface area contributed by atoms with Crippen molar-refractivity contribution in [3.63, 3.8) is 0 Å². The molecule has 0 aliphatic rings.